The van der Waals surface area contributed by atoms with E-state index in [0.29, 0.717) is 48.0 Å². The van der Waals surface area contributed by atoms with E-state index in [2.05, 4.69) is 15.1 Å². The van der Waals surface area contributed by atoms with Gasteiger partial charge < -0.3 is 9.30 Å². The Morgan fingerprint density at radius 3 is 2.49 bits per heavy atom. The molecule has 3 heterocycles. The molecule has 1 atom stereocenters. The fourth-order valence-corrected chi connectivity index (χ4v) is 4.30. The first kappa shape index (κ1) is 22.8. The van der Waals surface area contributed by atoms with Crippen molar-refractivity contribution in [2.45, 2.75) is 32.2 Å². The summed E-state index contributed by atoms with van der Waals surface area (Å²) in [5, 5.41) is 4.44. The monoisotopic (exact) mass is 483 g/mol. The molecule has 0 radical (unpaired) electrons. The summed E-state index contributed by atoms with van der Waals surface area (Å²) in [5.41, 5.74) is 1.87. The molecule has 0 N–H and O–H groups in total. The van der Waals surface area contributed by atoms with Crippen molar-refractivity contribution in [3.63, 3.8) is 0 Å². The van der Waals surface area contributed by atoms with Gasteiger partial charge in [0, 0.05) is 30.3 Å². The van der Waals surface area contributed by atoms with E-state index in [1.54, 1.807) is 33.9 Å². The summed E-state index contributed by atoms with van der Waals surface area (Å²) in [6, 6.07) is 4.92. The molecule has 35 heavy (non-hydrogen) atoms. The number of aromatic nitrogens is 5. The molecule has 6 nitrogen and oxygen atoms in total. The van der Waals surface area contributed by atoms with E-state index in [-0.39, 0.29) is 5.56 Å². The van der Waals surface area contributed by atoms with Crippen LogP contribution in [-0.2, 0) is 6.54 Å². The molecule has 0 aliphatic carbocycles. The van der Waals surface area contributed by atoms with E-state index in [1.807, 2.05) is 6.92 Å². The first-order chi connectivity index (χ1) is 16.8. The van der Waals surface area contributed by atoms with Crippen LogP contribution >= 0.6 is 0 Å². The maximum absolute atomic E-state index is 14.9. The first-order valence-electron chi connectivity index (χ1n) is 11.0. The Kier molecular flexibility index (Phi) is 5.88. The maximum Gasteiger partial charge on any atom is 0.194 e. The fraction of sp³-hybridized carbons (Fsp3) is 0.240. The van der Waals surface area contributed by atoms with Crippen LogP contribution in [0.1, 0.15) is 47.2 Å². The third-order valence-electron chi connectivity index (χ3n) is 6.00. The molecule has 4 aromatic rings. The predicted molar refractivity (Wildman–Crippen MR) is 121 cm³/mol. The number of benzene rings is 2. The van der Waals surface area contributed by atoms with Gasteiger partial charge in [-0.1, -0.05) is 0 Å². The quantitative estimate of drug-likeness (QED) is 0.281. The number of methoxy groups -OCH3 is 1. The van der Waals surface area contributed by atoms with Crippen LogP contribution in [0.2, 0.25) is 0 Å². The highest BCUT2D eigenvalue weighted by atomic mass is 19.2. The largest absolute Gasteiger partial charge is 0.495 e. The Morgan fingerprint density at radius 2 is 1.80 bits per heavy atom. The number of hydrogen-bond acceptors (Lipinski definition) is 4. The van der Waals surface area contributed by atoms with Crippen molar-refractivity contribution >= 4 is 12.2 Å². The SMILES string of the molecule is COc1cc(/C=C/c2nc3n(n2)CCC[C@@H]3c2cc(F)c(F)c(F)c2)c(F)cc1-n1cnc(C)c1. The average molecular weight is 483 g/mol. The molecule has 0 bridgehead atoms. The minimum absolute atomic E-state index is 0.273. The molecule has 0 fully saturated rings. The summed E-state index contributed by atoms with van der Waals surface area (Å²) < 4.78 is 64.7. The second-order valence-corrected chi connectivity index (χ2v) is 8.35. The molecule has 1 aliphatic heterocycles. The zero-order valence-electron chi connectivity index (χ0n) is 19.0. The molecule has 5 rings (SSSR count). The Morgan fingerprint density at radius 1 is 1.03 bits per heavy atom. The van der Waals surface area contributed by atoms with Crippen LogP contribution in [0.15, 0.2) is 36.8 Å². The summed E-state index contributed by atoms with van der Waals surface area (Å²) in [7, 11) is 1.50. The number of rotatable bonds is 5. The van der Waals surface area contributed by atoms with E-state index in [4.69, 9.17) is 4.74 Å². The summed E-state index contributed by atoms with van der Waals surface area (Å²) in [6.07, 6.45) is 7.75. The van der Waals surface area contributed by atoms with E-state index in [1.165, 1.54) is 19.3 Å². The molecule has 0 amide bonds. The first-order valence-corrected chi connectivity index (χ1v) is 11.0. The number of fused-ring (bicyclic) bond motifs is 1. The van der Waals surface area contributed by atoms with Crippen LogP contribution in [0, 0.1) is 30.2 Å². The van der Waals surface area contributed by atoms with E-state index < -0.39 is 29.2 Å². The second-order valence-electron chi connectivity index (χ2n) is 8.35. The van der Waals surface area contributed by atoms with E-state index in [0.717, 1.165) is 17.8 Å². The number of ether oxygens (including phenoxy) is 1. The molecule has 2 aromatic heterocycles. The smallest absolute Gasteiger partial charge is 0.194 e. The molecule has 180 valence electrons. The van der Waals surface area contributed by atoms with Crippen LogP contribution in [0.5, 0.6) is 5.75 Å². The lowest BCUT2D eigenvalue weighted by atomic mass is 9.91. The molecular weight excluding hydrogens is 462 g/mol. The molecule has 1 aliphatic rings. The zero-order chi connectivity index (χ0) is 24.7. The number of imidazole rings is 1. The Hall–Kier alpha value is -3.95. The van der Waals surface area contributed by atoms with Crippen molar-refractivity contribution in [3.8, 4) is 11.4 Å². The van der Waals surface area contributed by atoms with Crippen LogP contribution in [0.25, 0.3) is 17.8 Å². The molecular formula is C25H21F4N5O. The minimum atomic E-state index is -1.50. The van der Waals surface area contributed by atoms with Crippen LogP contribution in [0.3, 0.4) is 0 Å². The zero-order valence-corrected chi connectivity index (χ0v) is 19.0. The van der Waals surface area contributed by atoms with Gasteiger partial charge in [0.2, 0.25) is 0 Å². The van der Waals surface area contributed by atoms with Crippen molar-refractivity contribution in [3.05, 3.63) is 88.5 Å². The number of halogens is 4. The predicted octanol–water partition coefficient (Wildman–Crippen LogP) is 5.43. The standard InChI is InChI=1S/C25H21F4N5O/c1-14-12-33(13-30-14)21-11-18(26)15(10-22(21)35-2)5-6-23-31-25-17(4-3-7-34(25)32-23)16-8-19(27)24(29)20(28)9-16/h5-6,8-13,17H,3-4,7H2,1-2H3/b6-5+/t17-/m1/s1. The normalized spacial score (nSPS) is 15.5. The van der Waals surface area contributed by atoms with Gasteiger partial charge >= 0.3 is 0 Å². The van der Waals surface area contributed by atoms with Crippen LogP contribution in [-0.4, -0.2) is 31.4 Å². The van der Waals surface area contributed by atoms with Gasteiger partial charge in [0.25, 0.3) is 0 Å². The molecule has 0 unspecified atom stereocenters. The van der Waals surface area contributed by atoms with Crippen molar-refractivity contribution in [1.29, 1.82) is 0 Å². The van der Waals surface area contributed by atoms with Gasteiger partial charge in [0.15, 0.2) is 23.3 Å². The second kappa shape index (κ2) is 9.01. The van der Waals surface area contributed by atoms with Crippen molar-refractivity contribution < 1.29 is 22.3 Å². The number of hydrogen-bond donors (Lipinski definition) is 0. The summed E-state index contributed by atoms with van der Waals surface area (Å²) >= 11 is 0. The highest BCUT2D eigenvalue weighted by Crippen LogP contribution is 2.34. The lowest BCUT2D eigenvalue weighted by Gasteiger charge is -2.22. The lowest BCUT2D eigenvalue weighted by molar-refractivity contribution is 0.411. The number of nitrogens with zero attached hydrogens (tertiary/aromatic N) is 5. The highest BCUT2D eigenvalue weighted by Gasteiger charge is 2.27. The van der Waals surface area contributed by atoms with Crippen molar-refractivity contribution in [2.75, 3.05) is 7.11 Å². The molecule has 0 spiro atoms. The van der Waals surface area contributed by atoms with Gasteiger partial charge in [-0.2, -0.15) is 5.10 Å². The Labute approximate surface area is 198 Å². The minimum Gasteiger partial charge on any atom is -0.495 e. The lowest BCUT2D eigenvalue weighted by Crippen LogP contribution is -2.18. The van der Waals surface area contributed by atoms with Crippen LogP contribution in [0.4, 0.5) is 17.6 Å². The Bertz CT molecular complexity index is 1420. The van der Waals surface area contributed by atoms with Crippen molar-refractivity contribution in [2.24, 2.45) is 0 Å². The summed E-state index contributed by atoms with van der Waals surface area (Å²) in [5.74, 6) is -3.58. The van der Waals surface area contributed by atoms with Gasteiger partial charge in [-0.25, -0.2) is 32.2 Å². The van der Waals surface area contributed by atoms with Gasteiger partial charge in [0.1, 0.15) is 17.4 Å². The molecule has 0 saturated carbocycles. The topological polar surface area (TPSA) is 57.8 Å². The third-order valence-corrected chi connectivity index (χ3v) is 6.00. The van der Waals surface area contributed by atoms with Crippen LogP contribution < -0.4 is 4.74 Å². The van der Waals surface area contributed by atoms with E-state index >= 15 is 0 Å². The van der Waals surface area contributed by atoms with Gasteiger partial charge in [-0.3, -0.25) is 0 Å². The fourth-order valence-electron chi connectivity index (χ4n) is 4.30. The Balaban J connectivity index is 1.45. The summed E-state index contributed by atoms with van der Waals surface area (Å²) in [6.45, 7) is 2.42. The highest BCUT2D eigenvalue weighted by molar-refractivity contribution is 5.69. The molecule has 0 saturated heterocycles. The summed E-state index contributed by atoms with van der Waals surface area (Å²) in [4.78, 5) is 8.67. The van der Waals surface area contributed by atoms with Gasteiger partial charge in [-0.05, 0) is 55.7 Å². The van der Waals surface area contributed by atoms with Gasteiger partial charge in [-0.15, -0.1) is 0 Å². The molecule has 2 aromatic carbocycles. The number of aryl methyl sites for hydroxylation is 2. The third kappa shape index (κ3) is 4.31. The molecule has 10 heteroatoms. The van der Waals surface area contributed by atoms with Gasteiger partial charge in [0.05, 0.1) is 24.8 Å². The van der Waals surface area contributed by atoms with Crippen molar-refractivity contribution in [1.82, 2.24) is 24.3 Å². The maximum atomic E-state index is 14.9. The average Bonchev–Trinajstić information content (AvgIpc) is 3.46. The van der Waals surface area contributed by atoms with E-state index in [9.17, 15) is 17.6 Å².